The highest BCUT2D eigenvalue weighted by molar-refractivity contribution is 5.98. The molecular weight excluding hydrogens is 376 g/mol. The van der Waals surface area contributed by atoms with Crippen LogP contribution in [0.3, 0.4) is 0 Å². The van der Waals surface area contributed by atoms with Gasteiger partial charge in [-0.05, 0) is 49.3 Å². The Hall–Kier alpha value is -3.39. The second-order valence-electron chi connectivity index (χ2n) is 7.67. The molecule has 0 N–H and O–H groups in total. The Labute approximate surface area is 177 Å². The lowest BCUT2D eigenvalue weighted by molar-refractivity contribution is -0.149. The van der Waals surface area contributed by atoms with Gasteiger partial charge in [-0.3, -0.25) is 4.79 Å². The molecule has 1 amide bonds. The summed E-state index contributed by atoms with van der Waals surface area (Å²) in [6.45, 7) is 2.95. The number of rotatable bonds is 6. The fourth-order valence-corrected chi connectivity index (χ4v) is 3.60. The maximum atomic E-state index is 12.4. The first-order valence-electron chi connectivity index (χ1n) is 10.2. The van der Waals surface area contributed by atoms with Crippen LogP contribution >= 0.6 is 0 Å². The number of likely N-dealkylation sites (tertiary alicyclic amines) is 1. The minimum atomic E-state index is -0.773. The van der Waals surface area contributed by atoms with Crippen molar-refractivity contribution < 1.29 is 14.3 Å². The van der Waals surface area contributed by atoms with Crippen LogP contribution in [-0.2, 0) is 20.7 Å². The minimum Gasteiger partial charge on any atom is -0.451 e. The van der Waals surface area contributed by atoms with E-state index in [0.29, 0.717) is 19.0 Å². The Morgan fingerprint density at radius 1 is 1.10 bits per heavy atom. The van der Waals surface area contributed by atoms with Crippen molar-refractivity contribution in [3.05, 3.63) is 76.9 Å². The van der Waals surface area contributed by atoms with Gasteiger partial charge in [0.1, 0.15) is 11.6 Å². The maximum Gasteiger partial charge on any atom is 0.349 e. The second-order valence-corrected chi connectivity index (χ2v) is 7.67. The first-order valence-corrected chi connectivity index (χ1v) is 10.2. The highest BCUT2D eigenvalue weighted by Gasteiger charge is 2.24. The Bertz CT molecular complexity index is 935. The van der Waals surface area contributed by atoms with E-state index in [1.54, 1.807) is 4.90 Å². The summed E-state index contributed by atoms with van der Waals surface area (Å²) in [5.74, 6) is -0.429. The van der Waals surface area contributed by atoms with Gasteiger partial charge in [-0.2, -0.15) is 5.26 Å². The number of esters is 1. The molecule has 3 rings (SSSR count). The number of hydrogen-bond donors (Lipinski definition) is 0. The molecular formula is C25H26N2O3. The summed E-state index contributed by atoms with van der Waals surface area (Å²) in [6.07, 6.45) is 4.37. The molecule has 1 fully saturated rings. The van der Waals surface area contributed by atoms with Gasteiger partial charge < -0.3 is 9.64 Å². The summed E-state index contributed by atoms with van der Waals surface area (Å²) in [5, 5.41) is 9.26. The summed E-state index contributed by atoms with van der Waals surface area (Å²) in [5.41, 5.74) is 3.03. The lowest BCUT2D eigenvalue weighted by atomic mass is 9.90. The largest absolute Gasteiger partial charge is 0.451 e. The van der Waals surface area contributed by atoms with Crippen LogP contribution in [0.4, 0.5) is 0 Å². The Kier molecular flexibility index (Phi) is 7.40. The van der Waals surface area contributed by atoms with E-state index < -0.39 is 5.97 Å². The van der Waals surface area contributed by atoms with Gasteiger partial charge >= 0.3 is 5.97 Å². The van der Waals surface area contributed by atoms with Crippen LogP contribution in [0.2, 0.25) is 0 Å². The average molecular weight is 402 g/mol. The maximum absolute atomic E-state index is 12.4. The van der Waals surface area contributed by atoms with E-state index in [1.807, 2.05) is 55.5 Å². The van der Waals surface area contributed by atoms with E-state index in [-0.39, 0.29) is 18.1 Å². The molecule has 0 bridgehead atoms. The fraction of sp³-hybridized carbons (Fsp3) is 0.320. The van der Waals surface area contributed by atoms with Crippen molar-refractivity contribution in [1.29, 1.82) is 5.26 Å². The van der Waals surface area contributed by atoms with E-state index in [1.165, 1.54) is 11.6 Å². The van der Waals surface area contributed by atoms with E-state index in [0.717, 1.165) is 30.4 Å². The Balaban J connectivity index is 1.46. The molecule has 2 aromatic rings. The van der Waals surface area contributed by atoms with E-state index in [2.05, 4.69) is 12.1 Å². The molecule has 5 heteroatoms. The van der Waals surface area contributed by atoms with E-state index in [4.69, 9.17) is 4.74 Å². The zero-order valence-corrected chi connectivity index (χ0v) is 17.2. The molecule has 0 unspecified atom stereocenters. The predicted molar refractivity (Wildman–Crippen MR) is 115 cm³/mol. The summed E-state index contributed by atoms with van der Waals surface area (Å²) in [6, 6.07) is 19.7. The quantitative estimate of drug-likeness (QED) is 0.417. The number of benzene rings is 2. The van der Waals surface area contributed by atoms with Gasteiger partial charge in [-0.1, -0.05) is 60.2 Å². The molecule has 1 aliphatic rings. The van der Waals surface area contributed by atoms with Crippen LogP contribution in [-0.4, -0.2) is 36.5 Å². The van der Waals surface area contributed by atoms with Crippen molar-refractivity contribution >= 4 is 18.0 Å². The second kappa shape index (κ2) is 10.4. The molecule has 0 aliphatic carbocycles. The molecule has 0 atom stereocenters. The molecule has 0 radical (unpaired) electrons. The number of nitriles is 1. The molecule has 154 valence electrons. The fourth-order valence-electron chi connectivity index (χ4n) is 3.60. The first-order chi connectivity index (χ1) is 14.5. The zero-order chi connectivity index (χ0) is 21.3. The number of piperidine rings is 1. The van der Waals surface area contributed by atoms with Crippen molar-refractivity contribution in [3.8, 4) is 6.07 Å². The molecule has 1 aliphatic heterocycles. The monoisotopic (exact) mass is 402 g/mol. The van der Waals surface area contributed by atoms with Crippen molar-refractivity contribution in [2.75, 3.05) is 19.7 Å². The van der Waals surface area contributed by atoms with Crippen molar-refractivity contribution in [2.45, 2.75) is 26.2 Å². The SMILES string of the molecule is Cc1ccc(/C=C(\C#N)C(=O)OCC(=O)N2CCC(Cc3ccccc3)CC2)cc1. The number of amides is 1. The molecule has 1 saturated heterocycles. The Morgan fingerprint density at radius 2 is 1.77 bits per heavy atom. The Morgan fingerprint density at radius 3 is 2.40 bits per heavy atom. The van der Waals surface area contributed by atoms with Gasteiger partial charge in [0.05, 0.1) is 0 Å². The third-order valence-electron chi connectivity index (χ3n) is 5.39. The van der Waals surface area contributed by atoms with Crippen molar-refractivity contribution in [1.82, 2.24) is 4.90 Å². The van der Waals surface area contributed by atoms with Gasteiger partial charge in [0, 0.05) is 13.1 Å². The van der Waals surface area contributed by atoms with Crippen molar-refractivity contribution in [3.63, 3.8) is 0 Å². The van der Waals surface area contributed by atoms with Gasteiger partial charge in [-0.15, -0.1) is 0 Å². The topological polar surface area (TPSA) is 70.4 Å². The van der Waals surface area contributed by atoms with Gasteiger partial charge in [0.15, 0.2) is 6.61 Å². The highest BCUT2D eigenvalue weighted by atomic mass is 16.5. The van der Waals surface area contributed by atoms with Crippen LogP contribution in [0, 0.1) is 24.2 Å². The molecule has 0 saturated carbocycles. The lowest BCUT2D eigenvalue weighted by Crippen LogP contribution is -2.41. The normalized spacial score (nSPS) is 14.8. The number of nitrogens with zero attached hydrogens (tertiary/aromatic N) is 2. The highest BCUT2D eigenvalue weighted by Crippen LogP contribution is 2.21. The van der Waals surface area contributed by atoms with Crippen LogP contribution in [0.15, 0.2) is 60.2 Å². The van der Waals surface area contributed by atoms with E-state index >= 15 is 0 Å². The van der Waals surface area contributed by atoms with Crippen LogP contribution in [0.5, 0.6) is 0 Å². The summed E-state index contributed by atoms with van der Waals surface area (Å²) < 4.78 is 5.11. The molecule has 1 heterocycles. The van der Waals surface area contributed by atoms with Gasteiger partial charge in [-0.25, -0.2) is 4.79 Å². The van der Waals surface area contributed by atoms with Crippen LogP contribution in [0.1, 0.15) is 29.5 Å². The van der Waals surface area contributed by atoms with Crippen molar-refractivity contribution in [2.24, 2.45) is 5.92 Å². The van der Waals surface area contributed by atoms with E-state index in [9.17, 15) is 14.9 Å². The minimum absolute atomic E-state index is 0.117. The van der Waals surface area contributed by atoms with Gasteiger partial charge in [0.25, 0.3) is 5.91 Å². The number of aryl methyl sites for hydroxylation is 1. The molecule has 5 nitrogen and oxygen atoms in total. The number of carbonyl (C=O) groups is 2. The first kappa shape index (κ1) is 21.3. The standard InChI is InChI=1S/C25H26N2O3/c1-19-7-9-21(10-8-19)16-23(17-26)25(29)30-18-24(28)27-13-11-22(12-14-27)15-20-5-3-2-4-6-20/h2-10,16,22H,11-15,18H2,1H3/b23-16+. The molecule has 0 aromatic heterocycles. The third-order valence-corrected chi connectivity index (χ3v) is 5.39. The summed E-state index contributed by atoms with van der Waals surface area (Å²) in [4.78, 5) is 26.4. The average Bonchev–Trinajstić information content (AvgIpc) is 2.78. The number of ether oxygens (including phenoxy) is 1. The number of hydrogen-bond acceptors (Lipinski definition) is 4. The lowest BCUT2D eigenvalue weighted by Gasteiger charge is -2.32. The smallest absolute Gasteiger partial charge is 0.349 e. The molecule has 0 spiro atoms. The van der Waals surface area contributed by atoms with Crippen LogP contribution < -0.4 is 0 Å². The summed E-state index contributed by atoms with van der Waals surface area (Å²) in [7, 11) is 0. The molecule has 2 aromatic carbocycles. The zero-order valence-electron chi connectivity index (χ0n) is 17.2. The van der Waals surface area contributed by atoms with Gasteiger partial charge in [0.2, 0.25) is 0 Å². The third kappa shape index (κ3) is 6.05. The number of carbonyl (C=O) groups excluding carboxylic acids is 2. The van der Waals surface area contributed by atoms with Crippen LogP contribution in [0.25, 0.3) is 6.08 Å². The molecule has 30 heavy (non-hydrogen) atoms. The predicted octanol–water partition coefficient (Wildman–Crippen LogP) is 3.93. The summed E-state index contributed by atoms with van der Waals surface area (Å²) >= 11 is 0.